The second-order valence-electron chi connectivity index (χ2n) is 0.513. The Balaban J connectivity index is -0.00000000800. The molecule has 0 spiro atoms. The van der Waals surface area contributed by atoms with Gasteiger partial charge in [0.15, 0.2) is 0 Å². The summed E-state index contributed by atoms with van der Waals surface area (Å²) in [6.45, 7) is 0. The van der Waals surface area contributed by atoms with Crippen LogP contribution >= 0.6 is 7.82 Å². The van der Waals surface area contributed by atoms with Gasteiger partial charge >= 0.3 is 117 Å². The molecular weight excluding hydrogens is 745 g/mol. The number of rotatable bonds is 0. The van der Waals surface area contributed by atoms with Gasteiger partial charge in [-0.2, -0.15) is 0 Å². The van der Waals surface area contributed by atoms with Gasteiger partial charge in [-0.15, -0.1) is 0 Å². The van der Waals surface area contributed by atoms with Crippen molar-refractivity contribution in [3.63, 3.8) is 0 Å². The fourth-order valence-electron chi connectivity index (χ4n) is 0. The van der Waals surface area contributed by atoms with E-state index in [0.717, 1.165) is 0 Å². The molecule has 0 aromatic heterocycles. The van der Waals surface area contributed by atoms with Gasteiger partial charge in [-0.3, -0.25) is 0 Å². The third-order valence-electron chi connectivity index (χ3n) is 0. The van der Waals surface area contributed by atoms with E-state index in [1.165, 1.54) is 0 Å². The van der Waals surface area contributed by atoms with E-state index in [9.17, 15) is 0 Å². The fourth-order valence-corrected chi connectivity index (χ4v) is 0. The second kappa shape index (κ2) is 14.3. The van der Waals surface area contributed by atoms with E-state index in [1.54, 1.807) is 0 Å². The molecule has 3 N–H and O–H groups in total. The summed E-state index contributed by atoms with van der Waals surface area (Å²) in [4.78, 5) is 21.6. The molecule has 0 heterocycles. The van der Waals surface area contributed by atoms with Gasteiger partial charge in [0.25, 0.3) is 0 Å². The van der Waals surface area contributed by atoms with Gasteiger partial charge in [-0.1, -0.05) is 0 Å². The summed E-state index contributed by atoms with van der Waals surface area (Å²) in [6.07, 6.45) is 0. The Bertz CT molecular complexity index is 66.6. The second-order valence-corrected chi connectivity index (χ2v) is 1.54. The molecule has 9 heteroatoms. The molecule has 0 aliphatic heterocycles. The topological polar surface area (TPSA) is 77.8 Å². The maximum atomic E-state index is 8.88. The molecule has 0 aliphatic rings. The Morgan fingerprint density at radius 1 is 1.00 bits per heavy atom. The van der Waals surface area contributed by atoms with Crippen molar-refractivity contribution in [1.29, 1.82) is 0 Å². The van der Waals surface area contributed by atoms with Crippen molar-refractivity contribution in [2.45, 2.75) is 0 Å². The number of hydrogen-bond donors (Lipinski definition) is 3. The van der Waals surface area contributed by atoms with Crippen LogP contribution in [-0.4, -0.2) is 94.4 Å². The first-order valence-electron chi connectivity index (χ1n) is 0.783. The first-order chi connectivity index (χ1) is 2.00. The molecule has 0 aromatic carbocycles. The van der Waals surface area contributed by atoms with Crippen molar-refractivity contribution < 1.29 is 50.2 Å². The molecule has 58 valence electrons. The molecule has 0 aliphatic carbocycles. The van der Waals surface area contributed by atoms with E-state index >= 15 is 0 Å². The zero-order chi connectivity index (χ0) is 4.50. The third kappa shape index (κ3) is 78.5. The predicted octanol–water partition coefficient (Wildman–Crippen LogP) is -6.56. The van der Waals surface area contributed by atoms with Crippen molar-refractivity contribution in [3.05, 3.63) is 0 Å². The fraction of sp³-hybridized carbons (Fsp3) is 0. The summed E-state index contributed by atoms with van der Waals surface area (Å²) in [5.41, 5.74) is 0. The molecule has 0 bridgehead atoms. The molecule has 4 nitrogen and oxygen atoms in total. The minimum absolute atomic E-state index is 0. The molecule has 0 atom stereocenters. The van der Waals surface area contributed by atoms with Gasteiger partial charge < -0.3 is 16.1 Å². The minimum atomic E-state index is -4.64. The van der Waals surface area contributed by atoms with Crippen LogP contribution in [0, 0.1) is 0 Å². The number of phosphoric acid groups is 1. The van der Waals surface area contributed by atoms with Crippen molar-refractivity contribution in [2.75, 3.05) is 0 Å². The van der Waals surface area contributed by atoms with Crippen LogP contribution in [-0.2, 0) is 4.57 Å². The molecule has 0 amide bonds. The van der Waals surface area contributed by atoms with Gasteiger partial charge in [0, 0.05) is 0 Å². The van der Waals surface area contributed by atoms with Crippen LogP contribution in [0.15, 0.2) is 0 Å². The summed E-state index contributed by atoms with van der Waals surface area (Å²) < 4.78 is 8.88. The van der Waals surface area contributed by atoms with Gasteiger partial charge in [-0.05, 0) is 0 Å². The van der Waals surface area contributed by atoms with Crippen molar-refractivity contribution in [2.24, 2.45) is 0 Å². The normalized spacial score (nSPS) is 6.56. The van der Waals surface area contributed by atoms with Gasteiger partial charge in [0.05, 0.1) is 0 Å². The first-order valence-corrected chi connectivity index (χ1v) is 2.35. The monoisotopic (exact) mass is 755 g/mol. The van der Waals surface area contributed by atoms with Crippen molar-refractivity contribution >= 4 is 87.5 Å². The SMILES string of the molecule is O=P(O)(O)O.[H-].[Na+].[PoH2].[PoH2].[PoH2]. The van der Waals surface area contributed by atoms with Crippen LogP contribution in [0.3, 0.4) is 0 Å². The Hall–Kier alpha value is 3.80. The van der Waals surface area contributed by atoms with E-state index in [2.05, 4.69) is 0 Å². The van der Waals surface area contributed by atoms with Crippen molar-refractivity contribution in [1.82, 2.24) is 0 Å². The van der Waals surface area contributed by atoms with E-state index in [4.69, 9.17) is 19.2 Å². The van der Waals surface area contributed by atoms with Gasteiger partial charge in [0.2, 0.25) is 0 Å². The zero-order valence-corrected chi connectivity index (χ0v) is 19.3. The molecule has 0 saturated carbocycles. The van der Waals surface area contributed by atoms with Crippen LogP contribution in [0.5, 0.6) is 0 Å². The Morgan fingerprint density at radius 2 is 1.00 bits per heavy atom. The van der Waals surface area contributed by atoms with Crippen LogP contribution in [0.25, 0.3) is 0 Å². The van der Waals surface area contributed by atoms with Gasteiger partial charge in [-0.25, -0.2) is 4.57 Å². The van der Waals surface area contributed by atoms with Crippen molar-refractivity contribution in [3.8, 4) is 0 Å². The summed E-state index contributed by atoms with van der Waals surface area (Å²) in [5.74, 6) is 0. The number of hydrogen-bond acceptors (Lipinski definition) is 1. The standard InChI is InChI=1S/Na.H3O4P.3Po.7H/c;1-5(2,3)4;;;;;;;;;;/h;(H3,1,2,3,4);;;;;;;;;;/q+1;;;;;;;;;;;-1. The summed E-state index contributed by atoms with van der Waals surface area (Å²) in [6, 6.07) is 0. The third-order valence-corrected chi connectivity index (χ3v) is 0. The van der Waals surface area contributed by atoms with E-state index in [-0.39, 0.29) is 111 Å². The molecule has 0 fully saturated rings. The predicted molar refractivity (Wildman–Crippen MR) is 41.0 cm³/mol. The molecule has 0 rings (SSSR count). The van der Waals surface area contributed by atoms with Gasteiger partial charge in [0.1, 0.15) is 0 Å². The average molecular weight is 755 g/mol. The molecule has 0 aromatic rings. The average Bonchev–Trinajstić information content (AvgIpc) is 0.722. The Labute approximate surface area is 135 Å². The summed E-state index contributed by atoms with van der Waals surface area (Å²) >= 11 is 0. The van der Waals surface area contributed by atoms with Crippen LogP contribution < -0.4 is 29.6 Å². The van der Waals surface area contributed by atoms with Crippen LogP contribution in [0.4, 0.5) is 0 Å². The van der Waals surface area contributed by atoms with E-state index in [1.807, 2.05) is 0 Å². The quantitative estimate of drug-likeness (QED) is 0.170. The molecule has 0 unspecified atom stereocenters. The maximum absolute atomic E-state index is 8.88. The Morgan fingerprint density at radius 3 is 1.00 bits per heavy atom. The first kappa shape index (κ1) is 29.3. The Kier molecular flexibility index (Phi) is 46.6. The van der Waals surface area contributed by atoms with E-state index < -0.39 is 7.82 Å². The molecule has 0 saturated heterocycles. The summed E-state index contributed by atoms with van der Waals surface area (Å²) in [7, 11) is -4.64. The molecule has 0 radical (unpaired) electrons. The van der Waals surface area contributed by atoms with E-state index in [0.29, 0.717) is 0 Å². The summed E-state index contributed by atoms with van der Waals surface area (Å²) in [5, 5.41) is 0. The molecule has 9 heavy (non-hydrogen) atoms. The zero-order valence-electron chi connectivity index (χ0n) is 5.70. The molecular formula is H10NaO4PPo3. The van der Waals surface area contributed by atoms with Crippen LogP contribution in [0.2, 0.25) is 0 Å². The van der Waals surface area contributed by atoms with Crippen LogP contribution in [0.1, 0.15) is 1.43 Å².